The fraction of sp³-hybridized carbons (Fsp3) is 0.286. The molecule has 0 aliphatic carbocycles. The molecule has 0 bridgehead atoms. The molecule has 1 unspecified atom stereocenters. The van der Waals surface area contributed by atoms with Gasteiger partial charge in [0.05, 0.1) is 24.0 Å². The molecule has 1 amide bonds. The number of hydrogen-bond acceptors (Lipinski definition) is 4. The summed E-state index contributed by atoms with van der Waals surface area (Å²) in [4.78, 5) is 19.3. The van der Waals surface area contributed by atoms with Crippen molar-refractivity contribution in [2.75, 3.05) is 13.2 Å². The van der Waals surface area contributed by atoms with E-state index in [0.29, 0.717) is 18.8 Å². The molecule has 1 fully saturated rings. The van der Waals surface area contributed by atoms with Gasteiger partial charge in [0.25, 0.3) is 5.91 Å². The van der Waals surface area contributed by atoms with Crippen LogP contribution in [0.1, 0.15) is 29.0 Å². The largest absolute Gasteiger partial charge is 0.376 e. The van der Waals surface area contributed by atoms with Gasteiger partial charge in [0.15, 0.2) is 0 Å². The number of carbonyl (C=O) groups excluding carboxylic acids is 1. The first-order valence-corrected chi connectivity index (χ1v) is 9.21. The third kappa shape index (κ3) is 4.23. The zero-order valence-electron chi connectivity index (χ0n) is 15.0. The lowest BCUT2D eigenvalue weighted by Gasteiger charge is -2.24. The Morgan fingerprint density at radius 3 is 2.78 bits per heavy atom. The highest BCUT2D eigenvalue weighted by Crippen LogP contribution is 2.20. The first-order chi connectivity index (χ1) is 13.3. The van der Waals surface area contributed by atoms with Crippen LogP contribution in [0.15, 0.2) is 60.8 Å². The van der Waals surface area contributed by atoms with E-state index in [1.165, 1.54) is 0 Å². The van der Waals surface area contributed by atoms with Gasteiger partial charge in [-0.1, -0.05) is 36.4 Å². The van der Waals surface area contributed by atoms with Crippen LogP contribution in [0.25, 0.3) is 11.3 Å². The number of pyridine rings is 1. The number of carbonyl (C=O) groups is 1. The van der Waals surface area contributed by atoms with Crippen LogP contribution in [0.4, 0.5) is 0 Å². The van der Waals surface area contributed by atoms with Gasteiger partial charge in [-0.05, 0) is 31.0 Å². The molecule has 1 N–H and O–H groups in total. The minimum Gasteiger partial charge on any atom is -0.376 e. The third-order valence-electron chi connectivity index (χ3n) is 4.69. The molecule has 2 aromatic heterocycles. The molecule has 138 valence electrons. The lowest BCUT2D eigenvalue weighted by atomic mass is 10.1. The number of aromatic amines is 1. The summed E-state index contributed by atoms with van der Waals surface area (Å²) in [6.45, 7) is 1.76. The van der Waals surface area contributed by atoms with Crippen LogP contribution in [0.3, 0.4) is 0 Å². The molecule has 3 aromatic rings. The standard InChI is InChI=1S/C21H22N4O2/c26-21(20-13-19(23-24-20)16-7-2-1-3-8-16)25(15-18-10-6-12-27-18)14-17-9-4-5-11-22-17/h1-5,7-9,11,13,18H,6,10,12,14-15H2,(H,23,24). The second-order valence-corrected chi connectivity index (χ2v) is 6.67. The molecule has 27 heavy (non-hydrogen) atoms. The first kappa shape index (κ1) is 17.4. The van der Waals surface area contributed by atoms with Crippen molar-refractivity contribution in [3.63, 3.8) is 0 Å². The predicted molar refractivity (Wildman–Crippen MR) is 102 cm³/mol. The third-order valence-corrected chi connectivity index (χ3v) is 4.69. The van der Waals surface area contributed by atoms with Crippen molar-refractivity contribution in [1.29, 1.82) is 0 Å². The summed E-state index contributed by atoms with van der Waals surface area (Å²) in [5.74, 6) is -0.0918. The molecule has 1 atom stereocenters. The Labute approximate surface area is 158 Å². The molecule has 6 heteroatoms. The molecule has 1 aliphatic heterocycles. The van der Waals surface area contributed by atoms with Crippen LogP contribution in [0, 0.1) is 0 Å². The highest BCUT2D eigenvalue weighted by molar-refractivity contribution is 5.93. The molecular formula is C21H22N4O2. The summed E-state index contributed by atoms with van der Waals surface area (Å²) in [5, 5.41) is 7.20. The average Bonchev–Trinajstić information content (AvgIpc) is 3.41. The van der Waals surface area contributed by atoms with Crippen molar-refractivity contribution in [3.8, 4) is 11.3 Å². The molecule has 0 saturated carbocycles. The summed E-state index contributed by atoms with van der Waals surface area (Å²) < 4.78 is 5.74. The molecule has 1 saturated heterocycles. The normalized spacial score (nSPS) is 16.4. The SMILES string of the molecule is O=C(c1cc(-c2ccccc2)n[nH]1)N(Cc1ccccn1)CC1CCCO1. The zero-order valence-corrected chi connectivity index (χ0v) is 15.0. The van der Waals surface area contributed by atoms with Gasteiger partial charge in [0.1, 0.15) is 5.69 Å². The van der Waals surface area contributed by atoms with E-state index in [1.807, 2.05) is 48.5 Å². The minimum atomic E-state index is -0.0918. The monoisotopic (exact) mass is 362 g/mol. The molecule has 0 spiro atoms. The fourth-order valence-electron chi connectivity index (χ4n) is 3.30. The van der Waals surface area contributed by atoms with E-state index in [1.54, 1.807) is 17.2 Å². The smallest absolute Gasteiger partial charge is 0.272 e. The van der Waals surface area contributed by atoms with E-state index in [0.717, 1.165) is 36.4 Å². The molecule has 3 heterocycles. The summed E-state index contributed by atoms with van der Waals surface area (Å²) in [5.41, 5.74) is 3.06. The maximum Gasteiger partial charge on any atom is 0.272 e. The number of nitrogens with zero attached hydrogens (tertiary/aromatic N) is 3. The highest BCUT2D eigenvalue weighted by Gasteiger charge is 2.25. The van der Waals surface area contributed by atoms with Crippen LogP contribution >= 0.6 is 0 Å². The number of nitrogens with one attached hydrogen (secondary N) is 1. The van der Waals surface area contributed by atoms with Crippen LogP contribution in [0.5, 0.6) is 0 Å². The van der Waals surface area contributed by atoms with E-state index in [2.05, 4.69) is 15.2 Å². The first-order valence-electron chi connectivity index (χ1n) is 9.21. The van der Waals surface area contributed by atoms with Gasteiger partial charge < -0.3 is 9.64 Å². The van der Waals surface area contributed by atoms with E-state index in [4.69, 9.17) is 4.74 Å². The van der Waals surface area contributed by atoms with E-state index < -0.39 is 0 Å². The van der Waals surface area contributed by atoms with Crippen molar-refractivity contribution in [1.82, 2.24) is 20.1 Å². The van der Waals surface area contributed by atoms with E-state index in [-0.39, 0.29) is 12.0 Å². The Morgan fingerprint density at radius 2 is 2.04 bits per heavy atom. The summed E-state index contributed by atoms with van der Waals surface area (Å²) in [6, 6.07) is 17.4. The maximum absolute atomic E-state index is 13.2. The lowest BCUT2D eigenvalue weighted by Crippen LogP contribution is -2.37. The van der Waals surface area contributed by atoms with E-state index in [9.17, 15) is 4.79 Å². The van der Waals surface area contributed by atoms with Gasteiger partial charge in [-0.15, -0.1) is 0 Å². The van der Waals surface area contributed by atoms with Crippen molar-refractivity contribution in [3.05, 3.63) is 72.2 Å². The molecule has 0 radical (unpaired) electrons. The van der Waals surface area contributed by atoms with Crippen LogP contribution in [-0.2, 0) is 11.3 Å². The number of amides is 1. The Kier molecular flexibility index (Phi) is 5.25. The molecular weight excluding hydrogens is 340 g/mol. The number of aromatic nitrogens is 3. The maximum atomic E-state index is 13.2. The Bertz CT molecular complexity index is 873. The van der Waals surface area contributed by atoms with Crippen LogP contribution in [-0.4, -0.2) is 45.2 Å². The fourth-order valence-corrected chi connectivity index (χ4v) is 3.30. The minimum absolute atomic E-state index is 0.0779. The Hall–Kier alpha value is -2.99. The molecule has 1 aromatic carbocycles. The van der Waals surface area contributed by atoms with Crippen molar-refractivity contribution < 1.29 is 9.53 Å². The summed E-state index contributed by atoms with van der Waals surface area (Å²) >= 11 is 0. The van der Waals surface area contributed by atoms with Crippen molar-refractivity contribution >= 4 is 5.91 Å². The highest BCUT2D eigenvalue weighted by atomic mass is 16.5. The summed E-state index contributed by atoms with van der Waals surface area (Å²) in [6.07, 6.45) is 3.84. The van der Waals surface area contributed by atoms with Crippen molar-refractivity contribution in [2.24, 2.45) is 0 Å². The van der Waals surface area contributed by atoms with Gasteiger partial charge in [-0.25, -0.2) is 0 Å². The van der Waals surface area contributed by atoms with Crippen LogP contribution in [0.2, 0.25) is 0 Å². The van der Waals surface area contributed by atoms with Gasteiger partial charge in [-0.3, -0.25) is 14.9 Å². The van der Waals surface area contributed by atoms with Gasteiger partial charge in [-0.2, -0.15) is 5.10 Å². The molecule has 1 aliphatic rings. The lowest BCUT2D eigenvalue weighted by molar-refractivity contribution is 0.0500. The number of ether oxygens (including phenoxy) is 1. The Balaban J connectivity index is 1.55. The molecule has 6 nitrogen and oxygen atoms in total. The number of hydrogen-bond donors (Lipinski definition) is 1. The molecule has 4 rings (SSSR count). The van der Waals surface area contributed by atoms with Gasteiger partial charge >= 0.3 is 0 Å². The number of H-pyrrole nitrogens is 1. The second-order valence-electron chi connectivity index (χ2n) is 6.67. The number of rotatable bonds is 6. The van der Waals surface area contributed by atoms with Gasteiger partial charge in [0, 0.05) is 24.9 Å². The zero-order chi connectivity index (χ0) is 18.5. The van der Waals surface area contributed by atoms with Crippen LogP contribution < -0.4 is 0 Å². The van der Waals surface area contributed by atoms with Gasteiger partial charge in [0.2, 0.25) is 0 Å². The topological polar surface area (TPSA) is 71.1 Å². The average molecular weight is 362 g/mol. The quantitative estimate of drug-likeness (QED) is 0.730. The predicted octanol–water partition coefficient (Wildman–Crippen LogP) is 3.29. The number of benzene rings is 1. The summed E-state index contributed by atoms with van der Waals surface area (Å²) in [7, 11) is 0. The second kappa shape index (κ2) is 8.14. The Morgan fingerprint density at radius 1 is 1.19 bits per heavy atom. The van der Waals surface area contributed by atoms with Crippen molar-refractivity contribution in [2.45, 2.75) is 25.5 Å². The van der Waals surface area contributed by atoms with E-state index >= 15 is 0 Å².